The van der Waals surface area contributed by atoms with Gasteiger partial charge in [-0.1, -0.05) is 31.0 Å². The molecule has 1 rings (SSSR count). The number of hydrogen-bond acceptors (Lipinski definition) is 3. The van der Waals surface area contributed by atoms with Crippen LogP contribution in [0, 0.1) is 6.92 Å². The fourth-order valence-electron chi connectivity index (χ4n) is 1.91. The second-order valence-electron chi connectivity index (χ2n) is 4.81. The zero-order chi connectivity index (χ0) is 14.8. The molecular formula is C15H22N2O3. The number of carbonyl (C=O) groups is 2. The molecule has 0 saturated carbocycles. The predicted octanol–water partition coefficient (Wildman–Crippen LogP) is 2.78. The lowest BCUT2D eigenvalue weighted by molar-refractivity contribution is -0.129. The lowest BCUT2D eigenvalue weighted by atomic mass is 10.1. The Labute approximate surface area is 119 Å². The van der Waals surface area contributed by atoms with Gasteiger partial charge in [0.15, 0.2) is 0 Å². The minimum Gasteiger partial charge on any atom is -0.326 e. The molecule has 110 valence electrons. The fraction of sp³-hybridized carbons (Fsp3) is 0.467. The first-order valence-electron chi connectivity index (χ1n) is 6.92. The van der Waals surface area contributed by atoms with Crippen LogP contribution in [0.2, 0.25) is 0 Å². The van der Waals surface area contributed by atoms with Crippen LogP contribution in [-0.4, -0.2) is 17.0 Å². The first-order valence-corrected chi connectivity index (χ1v) is 6.92. The first-order chi connectivity index (χ1) is 9.63. The van der Waals surface area contributed by atoms with Crippen LogP contribution in [0.25, 0.3) is 0 Å². The fourth-order valence-corrected chi connectivity index (χ4v) is 1.91. The third kappa shape index (κ3) is 6.33. The summed E-state index contributed by atoms with van der Waals surface area (Å²) in [5.74, 6) is -0.338. The quantitative estimate of drug-likeness (QED) is 0.388. The van der Waals surface area contributed by atoms with Crippen molar-refractivity contribution in [3.05, 3.63) is 29.8 Å². The van der Waals surface area contributed by atoms with Crippen molar-refractivity contribution in [1.29, 1.82) is 0 Å². The Balaban J connectivity index is 2.12. The Hall–Kier alpha value is -1.88. The standard InChI is InChI=1S/C15H22N2O3/c1-12-8-6-7-9-13(12)16-14(18)10-4-2-3-5-11-15(19)17-20/h6-9,20H,2-5,10-11H2,1H3,(H,16,18)(H,17,19). The van der Waals surface area contributed by atoms with E-state index in [-0.39, 0.29) is 11.8 Å². The number of benzene rings is 1. The van der Waals surface area contributed by atoms with E-state index in [1.54, 1.807) is 5.48 Å². The van der Waals surface area contributed by atoms with Crippen LogP contribution in [0.4, 0.5) is 5.69 Å². The van der Waals surface area contributed by atoms with E-state index in [1.807, 2.05) is 31.2 Å². The average Bonchev–Trinajstić information content (AvgIpc) is 2.44. The van der Waals surface area contributed by atoms with E-state index >= 15 is 0 Å². The van der Waals surface area contributed by atoms with E-state index < -0.39 is 0 Å². The monoisotopic (exact) mass is 278 g/mol. The number of hydroxylamine groups is 1. The van der Waals surface area contributed by atoms with Crippen molar-refractivity contribution in [2.75, 3.05) is 5.32 Å². The average molecular weight is 278 g/mol. The number of aryl methyl sites for hydroxylation is 1. The maximum Gasteiger partial charge on any atom is 0.243 e. The normalized spacial score (nSPS) is 10.1. The van der Waals surface area contributed by atoms with Gasteiger partial charge in [-0.15, -0.1) is 0 Å². The molecule has 3 N–H and O–H groups in total. The van der Waals surface area contributed by atoms with Gasteiger partial charge in [0.05, 0.1) is 0 Å². The molecule has 0 saturated heterocycles. The summed E-state index contributed by atoms with van der Waals surface area (Å²) in [7, 11) is 0. The van der Waals surface area contributed by atoms with E-state index in [0.717, 1.165) is 36.9 Å². The zero-order valence-electron chi connectivity index (χ0n) is 11.8. The molecule has 0 unspecified atom stereocenters. The predicted molar refractivity (Wildman–Crippen MR) is 77.4 cm³/mol. The molecular weight excluding hydrogens is 256 g/mol. The number of carbonyl (C=O) groups excluding carboxylic acids is 2. The molecule has 0 aliphatic carbocycles. The van der Waals surface area contributed by atoms with Gasteiger partial charge in [-0.3, -0.25) is 14.8 Å². The number of amides is 2. The lowest BCUT2D eigenvalue weighted by Gasteiger charge is -2.07. The number of rotatable bonds is 8. The molecule has 2 amide bonds. The third-order valence-electron chi connectivity index (χ3n) is 3.10. The van der Waals surface area contributed by atoms with Gasteiger partial charge in [0.2, 0.25) is 11.8 Å². The molecule has 0 spiro atoms. The molecule has 0 aromatic heterocycles. The molecule has 1 aromatic rings. The zero-order valence-corrected chi connectivity index (χ0v) is 11.8. The summed E-state index contributed by atoms with van der Waals surface area (Å²) in [5, 5.41) is 11.2. The molecule has 0 aliphatic heterocycles. The van der Waals surface area contributed by atoms with Crippen molar-refractivity contribution in [2.45, 2.75) is 45.4 Å². The van der Waals surface area contributed by atoms with E-state index in [1.165, 1.54) is 0 Å². The molecule has 0 aliphatic rings. The first kappa shape index (κ1) is 16.2. The summed E-state index contributed by atoms with van der Waals surface area (Å²) in [6.07, 6.45) is 4.13. The molecule has 0 atom stereocenters. The number of anilines is 1. The number of unbranched alkanes of at least 4 members (excludes halogenated alkanes) is 3. The van der Waals surface area contributed by atoms with Gasteiger partial charge >= 0.3 is 0 Å². The van der Waals surface area contributed by atoms with E-state index in [9.17, 15) is 9.59 Å². The number of nitrogens with one attached hydrogen (secondary N) is 2. The van der Waals surface area contributed by atoms with Crippen molar-refractivity contribution in [2.24, 2.45) is 0 Å². The van der Waals surface area contributed by atoms with Gasteiger partial charge in [-0.25, -0.2) is 5.48 Å². The molecule has 0 radical (unpaired) electrons. The Kier molecular flexibility index (Phi) is 7.35. The van der Waals surface area contributed by atoms with E-state index in [0.29, 0.717) is 12.8 Å². The second-order valence-corrected chi connectivity index (χ2v) is 4.81. The van der Waals surface area contributed by atoms with Crippen LogP contribution in [0.5, 0.6) is 0 Å². The maximum absolute atomic E-state index is 11.7. The van der Waals surface area contributed by atoms with Gasteiger partial charge in [0.25, 0.3) is 0 Å². The summed E-state index contributed by atoms with van der Waals surface area (Å²) in [6, 6.07) is 7.69. The maximum atomic E-state index is 11.7. The Morgan fingerprint density at radius 1 is 1.00 bits per heavy atom. The molecule has 1 aromatic carbocycles. The van der Waals surface area contributed by atoms with Gasteiger partial charge < -0.3 is 5.32 Å². The van der Waals surface area contributed by atoms with Crippen LogP contribution in [0.3, 0.4) is 0 Å². The van der Waals surface area contributed by atoms with Gasteiger partial charge in [0.1, 0.15) is 0 Å². The highest BCUT2D eigenvalue weighted by Crippen LogP contribution is 2.14. The third-order valence-corrected chi connectivity index (χ3v) is 3.10. The van der Waals surface area contributed by atoms with E-state index in [4.69, 9.17) is 5.21 Å². The highest BCUT2D eigenvalue weighted by Gasteiger charge is 2.04. The SMILES string of the molecule is Cc1ccccc1NC(=O)CCCCCCC(=O)NO. The van der Waals surface area contributed by atoms with Crippen LogP contribution in [0.1, 0.15) is 44.1 Å². The molecule has 0 bridgehead atoms. The van der Waals surface area contributed by atoms with Crippen LogP contribution < -0.4 is 10.8 Å². The smallest absolute Gasteiger partial charge is 0.243 e. The highest BCUT2D eigenvalue weighted by atomic mass is 16.5. The summed E-state index contributed by atoms with van der Waals surface area (Å²) >= 11 is 0. The minimum absolute atomic E-state index is 0.0207. The van der Waals surface area contributed by atoms with Gasteiger partial charge in [-0.2, -0.15) is 0 Å². The van der Waals surface area contributed by atoms with Crippen molar-refractivity contribution >= 4 is 17.5 Å². The van der Waals surface area contributed by atoms with Crippen molar-refractivity contribution in [3.63, 3.8) is 0 Å². The highest BCUT2D eigenvalue weighted by molar-refractivity contribution is 5.91. The second kappa shape index (κ2) is 9.09. The molecule has 5 nitrogen and oxygen atoms in total. The Bertz CT molecular complexity index is 446. The van der Waals surface area contributed by atoms with Crippen molar-refractivity contribution in [3.8, 4) is 0 Å². The van der Waals surface area contributed by atoms with Crippen LogP contribution in [-0.2, 0) is 9.59 Å². The summed E-state index contributed by atoms with van der Waals surface area (Å²) in [5.41, 5.74) is 3.51. The minimum atomic E-state index is -0.359. The summed E-state index contributed by atoms with van der Waals surface area (Å²) in [4.78, 5) is 22.5. The Morgan fingerprint density at radius 2 is 1.60 bits per heavy atom. The van der Waals surface area contributed by atoms with Crippen molar-refractivity contribution in [1.82, 2.24) is 5.48 Å². The topological polar surface area (TPSA) is 78.4 Å². The molecule has 0 fully saturated rings. The number of hydrogen-bond donors (Lipinski definition) is 3. The van der Waals surface area contributed by atoms with Crippen molar-refractivity contribution < 1.29 is 14.8 Å². The summed E-state index contributed by atoms with van der Waals surface area (Å²) < 4.78 is 0. The molecule has 0 heterocycles. The molecule has 20 heavy (non-hydrogen) atoms. The lowest BCUT2D eigenvalue weighted by Crippen LogP contribution is -2.17. The van der Waals surface area contributed by atoms with Gasteiger partial charge in [0, 0.05) is 18.5 Å². The van der Waals surface area contributed by atoms with Crippen LogP contribution >= 0.6 is 0 Å². The summed E-state index contributed by atoms with van der Waals surface area (Å²) in [6.45, 7) is 1.96. The van der Waals surface area contributed by atoms with E-state index in [2.05, 4.69) is 5.32 Å². The Morgan fingerprint density at radius 3 is 2.20 bits per heavy atom. The van der Waals surface area contributed by atoms with Crippen LogP contribution in [0.15, 0.2) is 24.3 Å². The number of para-hydroxylation sites is 1. The largest absolute Gasteiger partial charge is 0.326 e. The molecule has 5 heteroatoms. The van der Waals surface area contributed by atoms with Gasteiger partial charge in [-0.05, 0) is 31.4 Å².